The Labute approximate surface area is 96.0 Å². The molecule has 0 amide bonds. The van der Waals surface area contributed by atoms with Crippen LogP contribution in [-0.2, 0) is 6.42 Å². The molecule has 3 heteroatoms. The average Bonchev–Trinajstić information content (AvgIpc) is 2.65. The minimum absolute atomic E-state index is 0.157. The van der Waals surface area contributed by atoms with E-state index in [2.05, 4.69) is 5.32 Å². The fraction of sp³-hybridized carbons (Fsp3) is 0.538. The predicted octanol–water partition coefficient (Wildman–Crippen LogP) is 1.84. The summed E-state index contributed by atoms with van der Waals surface area (Å²) in [7, 11) is 0. The van der Waals surface area contributed by atoms with Gasteiger partial charge in [-0.1, -0.05) is 18.6 Å². The van der Waals surface area contributed by atoms with E-state index in [4.69, 9.17) is 5.73 Å². The van der Waals surface area contributed by atoms with E-state index in [9.17, 15) is 4.39 Å². The highest BCUT2D eigenvalue weighted by atomic mass is 19.1. The summed E-state index contributed by atoms with van der Waals surface area (Å²) in [5.74, 6) is -0.157. The van der Waals surface area contributed by atoms with E-state index in [1.165, 1.54) is 18.9 Å². The Morgan fingerprint density at radius 3 is 2.94 bits per heavy atom. The van der Waals surface area contributed by atoms with Crippen molar-refractivity contribution in [2.45, 2.75) is 37.8 Å². The number of hydrogen-bond acceptors (Lipinski definition) is 2. The summed E-state index contributed by atoms with van der Waals surface area (Å²) in [6.45, 7) is 0.877. The molecule has 0 bridgehead atoms. The third-order valence-electron chi connectivity index (χ3n) is 3.28. The second-order valence-corrected chi connectivity index (χ2v) is 4.54. The van der Waals surface area contributed by atoms with Gasteiger partial charge in [0.05, 0.1) is 0 Å². The number of rotatable bonds is 4. The van der Waals surface area contributed by atoms with Crippen molar-refractivity contribution >= 4 is 0 Å². The molecule has 0 aliphatic heterocycles. The van der Waals surface area contributed by atoms with Crippen molar-refractivity contribution in [1.29, 1.82) is 0 Å². The van der Waals surface area contributed by atoms with Crippen LogP contribution in [0.5, 0.6) is 0 Å². The molecule has 2 rings (SSSR count). The summed E-state index contributed by atoms with van der Waals surface area (Å²) < 4.78 is 12.9. The lowest BCUT2D eigenvalue weighted by molar-refractivity contribution is 0.479. The standard InChI is InChI=1S/C13H19FN2/c14-11-4-1-3-10(9-11)7-8-16-13-6-2-5-12(13)15/h1,3-4,9,12-13,16H,2,5-8,15H2. The maximum absolute atomic E-state index is 12.9. The fourth-order valence-corrected chi connectivity index (χ4v) is 2.34. The van der Waals surface area contributed by atoms with E-state index in [1.54, 1.807) is 12.1 Å². The van der Waals surface area contributed by atoms with Gasteiger partial charge in [0.1, 0.15) is 5.82 Å². The SMILES string of the molecule is NC1CCCC1NCCc1cccc(F)c1. The Kier molecular flexibility index (Phi) is 3.91. The molecule has 0 spiro atoms. The fourth-order valence-electron chi connectivity index (χ4n) is 2.34. The lowest BCUT2D eigenvalue weighted by Crippen LogP contribution is -2.41. The molecule has 0 radical (unpaired) electrons. The van der Waals surface area contributed by atoms with Crippen molar-refractivity contribution in [3.05, 3.63) is 35.6 Å². The van der Waals surface area contributed by atoms with Crippen molar-refractivity contribution in [3.63, 3.8) is 0 Å². The molecule has 16 heavy (non-hydrogen) atoms. The molecule has 0 aromatic heterocycles. The Balaban J connectivity index is 1.75. The quantitative estimate of drug-likeness (QED) is 0.815. The van der Waals surface area contributed by atoms with E-state index in [-0.39, 0.29) is 5.82 Å². The monoisotopic (exact) mass is 222 g/mol. The molecule has 1 aromatic carbocycles. The van der Waals surface area contributed by atoms with E-state index < -0.39 is 0 Å². The molecule has 2 unspecified atom stereocenters. The van der Waals surface area contributed by atoms with Gasteiger partial charge in [-0.15, -0.1) is 0 Å². The molecule has 2 atom stereocenters. The van der Waals surface area contributed by atoms with Gasteiger partial charge < -0.3 is 11.1 Å². The maximum Gasteiger partial charge on any atom is 0.123 e. The highest BCUT2D eigenvalue weighted by molar-refractivity contribution is 5.16. The summed E-state index contributed by atoms with van der Waals surface area (Å²) in [4.78, 5) is 0. The number of benzene rings is 1. The van der Waals surface area contributed by atoms with Crippen LogP contribution in [0.1, 0.15) is 24.8 Å². The highest BCUT2D eigenvalue weighted by Gasteiger charge is 2.22. The number of nitrogens with two attached hydrogens (primary N) is 1. The molecule has 2 nitrogen and oxygen atoms in total. The first-order chi connectivity index (χ1) is 7.75. The molecule has 0 heterocycles. The summed E-state index contributed by atoms with van der Waals surface area (Å²) in [6, 6.07) is 7.53. The van der Waals surface area contributed by atoms with Crippen LogP contribution in [0, 0.1) is 5.82 Å². The summed E-state index contributed by atoms with van der Waals surface area (Å²) in [5.41, 5.74) is 7.00. The first kappa shape index (κ1) is 11.6. The van der Waals surface area contributed by atoms with Crippen LogP contribution < -0.4 is 11.1 Å². The number of nitrogens with one attached hydrogen (secondary N) is 1. The zero-order valence-electron chi connectivity index (χ0n) is 9.45. The number of halogens is 1. The van der Waals surface area contributed by atoms with Crippen LogP contribution in [0.3, 0.4) is 0 Å². The summed E-state index contributed by atoms with van der Waals surface area (Å²) in [6.07, 6.45) is 4.38. The molecule has 1 aliphatic rings. The van der Waals surface area contributed by atoms with E-state index in [0.29, 0.717) is 12.1 Å². The van der Waals surface area contributed by atoms with Gasteiger partial charge in [0, 0.05) is 12.1 Å². The van der Waals surface area contributed by atoms with Crippen molar-refractivity contribution in [2.75, 3.05) is 6.54 Å². The van der Waals surface area contributed by atoms with Gasteiger partial charge in [-0.2, -0.15) is 0 Å². The maximum atomic E-state index is 12.9. The Morgan fingerprint density at radius 1 is 1.38 bits per heavy atom. The van der Waals surface area contributed by atoms with Crippen LogP contribution >= 0.6 is 0 Å². The molecular weight excluding hydrogens is 203 g/mol. The van der Waals surface area contributed by atoms with Gasteiger partial charge in [-0.3, -0.25) is 0 Å². The molecule has 0 saturated heterocycles. The molecule has 88 valence electrons. The first-order valence-electron chi connectivity index (χ1n) is 5.99. The Hall–Kier alpha value is -0.930. The van der Waals surface area contributed by atoms with E-state index >= 15 is 0 Å². The summed E-state index contributed by atoms with van der Waals surface area (Å²) in [5, 5.41) is 3.45. The van der Waals surface area contributed by atoms with Gasteiger partial charge in [0.25, 0.3) is 0 Å². The first-order valence-corrected chi connectivity index (χ1v) is 5.99. The van der Waals surface area contributed by atoms with Crippen LogP contribution in [-0.4, -0.2) is 18.6 Å². The van der Waals surface area contributed by atoms with E-state index in [1.807, 2.05) is 6.07 Å². The lowest BCUT2D eigenvalue weighted by atomic mass is 10.1. The minimum Gasteiger partial charge on any atom is -0.326 e. The van der Waals surface area contributed by atoms with Gasteiger partial charge in [-0.05, 0) is 43.5 Å². The zero-order valence-corrected chi connectivity index (χ0v) is 9.45. The smallest absolute Gasteiger partial charge is 0.123 e. The molecule has 1 fully saturated rings. The number of hydrogen-bond donors (Lipinski definition) is 2. The minimum atomic E-state index is -0.157. The third-order valence-corrected chi connectivity index (χ3v) is 3.28. The Bertz CT molecular complexity index is 340. The second kappa shape index (κ2) is 5.41. The van der Waals surface area contributed by atoms with Crippen molar-refractivity contribution < 1.29 is 4.39 Å². The zero-order chi connectivity index (χ0) is 11.4. The topological polar surface area (TPSA) is 38.0 Å². The van der Waals surface area contributed by atoms with E-state index in [0.717, 1.165) is 24.9 Å². The van der Waals surface area contributed by atoms with Gasteiger partial charge in [-0.25, -0.2) is 4.39 Å². The second-order valence-electron chi connectivity index (χ2n) is 4.54. The average molecular weight is 222 g/mol. The summed E-state index contributed by atoms with van der Waals surface area (Å²) >= 11 is 0. The van der Waals surface area contributed by atoms with Crippen molar-refractivity contribution in [1.82, 2.24) is 5.32 Å². The predicted molar refractivity (Wildman–Crippen MR) is 63.7 cm³/mol. The van der Waals surface area contributed by atoms with Crippen molar-refractivity contribution in [3.8, 4) is 0 Å². The van der Waals surface area contributed by atoms with Crippen molar-refractivity contribution in [2.24, 2.45) is 5.73 Å². The van der Waals surface area contributed by atoms with Crippen LogP contribution in [0.2, 0.25) is 0 Å². The molecule has 3 N–H and O–H groups in total. The van der Waals surface area contributed by atoms with Crippen LogP contribution in [0.4, 0.5) is 4.39 Å². The molecule has 1 aromatic rings. The molecule has 1 saturated carbocycles. The third kappa shape index (κ3) is 3.03. The largest absolute Gasteiger partial charge is 0.326 e. The molecule has 1 aliphatic carbocycles. The van der Waals surface area contributed by atoms with Crippen LogP contribution in [0.15, 0.2) is 24.3 Å². The highest BCUT2D eigenvalue weighted by Crippen LogP contribution is 2.16. The van der Waals surface area contributed by atoms with Crippen LogP contribution in [0.25, 0.3) is 0 Å². The lowest BCUT2D eigenvalue weighted by Gasteiger charge is -2.17. The Morgan fingerprint density at radius 2 is 2.25 bits per heavy atom. The van der Waals surface area contributed by atoms with Gasteiger partial charge >= 0.3 is 0 Å². The molecular formula is C13H19FN2. The van der Waals surface area contributed by atoms with Gasteiger partial charge in [0.15, 0.2) is 0 Å². The normalized spacial score (nSPS) is 24.9. The van der Waals surface area contributed by atoms with Gasteiger partial charge in [0.2, 0.25) is 0 Å².